The molecule has 0 aliphatic carbocycles. The van der Waals surface area contributed by atoms with Crippen molar-refractivity contribution in [2.45, 2.75) is 10.9 Å². The fourth-order valence-corrected chi connectivity index (χ4v) is 4.45. The molecule has 0 saturated carbocycles. The van der Waals surface area contributed by atoms with Crippen LogP contribution in [0, 0.1) is 10.1 Å². The average molecular weight is 425 g/mol. The number of para-hydroxylation sites is 2. The van der Waals surface area contributed by atoms with Crippen molar-refractivity contribution in [2.75, 3.05) is 7.11 Å². The molecule has 2 aromatic carbocycles. The Bertz CT molecular complexity index is 1140. The van der Waals surface area contributed by atoms with Gasteiger partial charge in [0, 0.05) is 17.9 Å². The summed E-state index contributed by atoms with van der Waals surface area (Å²) in [6.07, 6.45) is 0. The van der Waals surface area contributed by atoms with E-state index in [2.05, 4.69) is 10.2 Å². The van der Waals surface area contributed by atoms with Crippen molar-refractivity contribution in [3.05, 3.63) is 81.7 Å². The van der Waals surface area contributed by atoms with Crippen molar-refractivity contribution in [1.29, 1.82) is 0 Å². The van der Waals surface area contributed by atoms with Gasteiger partial charge < -0.3 is 4.74 Å². The maximum atomic E-state index is 11.0. The maximum absolute atomic E-state index is 11.0. The largest absolute Gasteiger partial charge is 0.495 e. The third kappa shape index (κ3) is 4.01. The Balaban J connectivity index is 1.72. The summed E-state index contributed by atoms with van der Waals surface area (Å²) in [5.41, 5.74) is 1.76. The van der Waals surface area contributed by atoms with Gasteiger partial charge in [-0.2, -0.15) is 0 Å². The number of non-ortho nitro benzene ring substituents is 1. The predicted octanol–water partition coefficient (Wildman–Crippen LogP) is 5.20. The van der Waals surface area contributed by atoms with Gasteiger partial charge in [-0.1, -0.05) is 42.1 Å². The summed E-state index contributed by atoms with van der Waals surface area (Å²) in [5, 5.41) is 22.5. The predicted molar refractivity (Wildman–Crippen MR) is 114 cm³/mol. The second-order valence-electron chi connectivity index (χ2n) is 6.01. The van der Waals surface area contributed by atoms with Gasteiger partial charge in [0.25, 0.3) is 5.69 Å². The molecule has 9 heteroatoms. The second kappa shape index (κ2) is 8.46. The first-order valence-electron chi connectivity index (χ1n) is 8.66. The highest BCUT2D eigenvalue weighted by Crippen LogP contribution is 2.35. The first kappa shape index (κ1) is 19.2. The van der Waals surface area contributed by atoms with Crippen molar-refractivity contribution in [3.63, 3.8) is 0 Å². The summed E-state index contributed by atoms with van der Waals surface area (Å²) in [4.78, 5) is 11.6. The molecule has 0 bridgehead atoms. The lowest BCUT2D eigenvalue weighted by Gasteiger charge is -2.13. The zero-order valence-electron chi connectivity index (χ0n) is 15.4. The van der Waals surface area contributed by atoms with Crippen LogP contribution in [0.4, 0.5) is 5.69 Å². The molecule has 4 rings (SSSR count). The van der Waals surface area contributed by atoms with Crippen LogP contribution in [0.5, 0.6) is 5.75 Å². The van der Waals surface area contributed by atoms with E-state index in [1.165, 1.54) is 17.8 Å². The molecule has 0 spiro atoms. The van der Waals surface area contributed by atoms with E-state index in [1.54, 1.807) is 30.6 Å². The molecule has 0 aliphatic rings. The van der Waals surface area contributed by atoms with E-state index in [0.29, 0.717) is 16.7 Å². The molecule has 0 atom stereocenters. The van der Waals surface area contributed by atoms with Crippen LogP contribution in [0.15, 0.2) is 71.2 Å². The van der Waals surface area contributed by atoms with Gasteiger partial charge in [-0.3, -0.25) is 14.7 Å². The van der Waals surface area contributed by atoms with Gasteiger partial charge in [0.15, 0.2) is 11.0 Å². The van der Waals surface area contributed by atoms with E-state index in [0.717, 1.165) is 22.0 Å². The third-order valence-electron chi connectivity index (χ3n) is 4.19. The maximum Gasteiger partial charge on any atom is 0.269 e. The molecule has 0 amide bonds. The number of thiophene rings is 1. The minimum atomic E-state index is -0.388. The molecule has 146 valence electrons. The van der Waals surface area contributed by atoms with Gasteiger partial charge >= 0.3 is 0 Å². The topological polar surface area (TPSA) is 83.1 Å². The van der Waals surface area contributed by atoms with Crippen LogP contribution in [-0.2, 0) is 5.75 Å². The SMILES string of the molecule is COc1ccccc1-n1c(SCc2cccc([N+](=O)[O-])c2)nnc1-c1cccs1. The van der Waals surface area contributed by atoms with Crippen LogP contribution in [-0.4, -0.2) is 26.8 Å². The smallest absolute Gasteiger partial charge is 0.269 e. The van der Waals surface area contributed by atoms with E-state index in [1.807, 2.05) is 52.4 Å². The van der Waals surface area contributed by atoms with Crippen LogP contribution in [0.1, 0.15) is 5.56 Å². The highest BCUT2D eigenvalue weighted by Gasteiger charge is 2.19. The number of nitro benzene ring substituents is 1. The Kier molecular flexibility index (Phi) is 5.59. The Morgan fingerprint density at radius 2 is 2.00 bits per heavy atom. The molecule has 0 aliphatic heterocycles. The van der Waals surface area contributed by atoms with Crippen molar-refractivity contribution in [2.24, 2.45) is 0 Å². The number of aromatic nitrogens is 3. The first-order chi connectivity index (χ1) is 14.2. The standard InChI is InChI=1S/C20H16N4O3S2/c1-27-17-9-3-2-8-16(17)23-19(18-10-5-11-28-18)21-22-20(23)29-13-14-6-4-7-15(12-14)24(25)26/h2-12H,13H2,1H3. The summed E-state index contributed by atoms with van der Waals surface area (Å²) in [5.74, 6) is 1.97. The second-order valence-corrected chi connectivity index (χ2v) is 7.90. The summed E-state index contributed by atoms with van der Waals surface area (Å²) in [7, 11) is 1.63. The number of hydrogen-bond donors (Lipinski definition) is 0. The molecule has 29 heavy (non-hydrogen) atoms. The molecule has 0 N–H and O–H groups in total. The Morgan fingerprint density at radius 3 is 2.76 bits per heavy atom. The number of thioether (sulfide) groups is 1. The van der Waals surface area contributed by atoms with Crippen LogP contribution in [0.3, 0.4) is 0 Å². The molecular weight excluding hydrogens is 408 g/mol. The first-order valence-corrected chi connectivity index (χ1v) is 10.5. The highest BCUT2D eigenvalue weighted by atomic mass is 32.2. The lowest BCUT2D eigenvalue weighted by Crippen LogP contribution is -2.01. The Labute approximate surface area is 175 Å². The van der Waals surface area contributed by atoms with Crippen LogP contribution in [0.25, 0.3) is 16.4 Å². The number of benzene rings is 2. The number of methoxy groups -OCH3 is 1. The van der Waals surface area contributed by atoms with E-state index in [4.69, 9.17) is 4.74 Å². The lowest BCUT2D eigenvalue weighted by atomic mass is 10.2. The van der Waals surface area contributed by atoms with Gasteiger partial charge in [-0.15, -0.1) is 21.5 Å². The monoisotopic (exact) mass is 424 g/mol. The Hall–Kier alpha value is -3.17. The van der Waals surface area contributed by atoms with Crippen molar-refractivity contribution < 1.29 is 9.66 Å². The summed E-state index contributed by atoms with van der Waals surface area (Å²) in [6.45, 7) is 0. The Morgan fingerprint density at radius 1 is 1.14 bits per heavy atom. The minimum absolute atomic E-state index is 0.0774. The normalized spacial score (nSPS) is 10.8. The molecule has 0 unspecified atom stereocenters. The number of nitro groups is 1. The molecular formula is C20H16N4O3S2. The van der Waals surface area contributed by atoms with Crippen molar-refractivity contribution in [1.82, 2.24) is 14.8 Å². The molecule has 2 aromatic heterocycles. The van der Waals surface area contributed by atoms with Gasteiger partial charge in [0.2, 0.25) is 0 Å². The summed E-state index contributed by atoms with van der Waals surface area (Å²) < 4.78 is 7.51. The third-order valence-corrected chi connectivity index (χ3v) is 6.06. The van der Waals surface area contributed by atoms with Crippen molar-refractivity contribution in [3.8, 4) is 22.1 Å². The number of ether oxygens (including phenoxy) is 1. The van der Waals surface area contributed by atoms with E-state index < -0.39 is 0 Å². The minimum Gasteiger partial charge on any atom is -0.495 e. The lowest BCUT2D eigenvalue weighted by molar-refractivity contribution is -0.384. The fourth-order valence-electron chi connectivity index (χ4n) is 2.87. The van der Waals surface area contributed by atoms with E-state index in [-0.39, 0.29) is 10.6 Å². The molecule has 2 heterocycles. The average Bonchev–Trinajstić information content (AvgIpc) is 3.42. The zero-order valence-corrected chi connectivity index (χ0v) is 17.0. The fraction of sp³-hybridized carbons (Fsp3) is 0.100. The molecule has 4 aromatic rings. The van der Waals surface area contributed by atoms with E-state index >= 15 is 0 Å². The van der Waals surface area contributed by atoms with Gasteiger partial charge in [-0.05, 0) is 29.1 Å². The number of rotatable bonds is 7. The van der Waals surface area contributed by atoms with Gasteiger partial charge in [0.1, 0.15) is 5.75 Å². The van der Waals surface area contributed by atoms with Crippen LogP contribution in [0.2, 0.25) is 0 Å². The molecule has 0 radical (unpaired) electrons. The summed E-state index contributed by atoms with van der Waals surface area (Å²) >= 11 is 3.05. The highest BCUT2D eigenvalue weighted by molar-refractivity contribution is 7.98. The number of nitrogens with zero attached hydrogens (tertiary/aromatic N) is 4. The van der Waals surface area contributed by atoms with Gasteiger partial charge in [-0.25, -0.2) is 0 Å². The summed E-state index contributed by atoms with van der Waals surface area (Å²) in [6, 6.07) is 18.3. The van der Waals surface area contributed by atoms with Crippen LogP contribution < -0.4 is 4.74 Å². The molecule has 0 fully saturated rings. The van der Waals surface area contributed by atoms with Gasteiger partial charge in [0.05, 0.1) is 22.6 Å². The quantitative estimate of drug-likeness (QED) is 0.230. The van der Waals surface area contributed by atoms with Crippen LogP contribution >= 0.6 is 23.1 Å². The molecule has 0 saturated heterocycles. The van der Waals surface area contributed by atoms with E-state index in [9.17, 15) is 10.1 Å². The zero-order chi connectivity index (χ0) is 20.2. The van der Waals surface area contributed by atoms with Crippen molar-refractivity contribution >= 4 is 28.8 Å². The number of hydrogen-bond acceptors (Lipinski definition) is 7. The molecule has 7 nitrogen and oxygen atoms in total.